The highest BCUT2D eigenvalue weighted by atomic mass is 16.3. The first-order chi connectivity index (χ1) is 8.72. The molecule has 18 heavy (non-hydrogen) atoms. The summed E-state index contributed by atoms with van der Waals surface area (Å²) in [4.78, 5) is 27.2. The third-order valence-electron chi connectivity index (χ3n) is 3.91. The predicted octanol–water partition coefficient (Wildman–Crippen LogP) is 0.372. The van der Waals surface area contributed by atoms with Crippen LogP contribution in [0, 0.1) is 0 Å². The Morgan fingerprint density at radius 3 is 2.72 bits per heavy atom. The molecule has 0 saturated carbocycles. The zero-order chi connectivity index (χ0) is 13.0. The van der Waals surface area contributed by atoms with E-state index in [1.165, 1.54) is 0 Å². The lowest BCUT2D eigenvalue weighted by molar-refractivity contribution is -0.140. The quantitative estimate of drug-likeness (QED) is 0.791. The van der Waals surface area contributed by atoms with E-state index in [9.17, 15) is 14.7 Å². The summed E-state index contributed by atoms with van der Waals surface area (Å²) in [5, 5.41) is 9.37. The van der Waals surface area contributed by atoms with Crippen LogP contribution in [0.25, 0.3) is 0 Å². The van der Waals surface area contributed by atoms with Gasteiger partial charge in [-0.1, -0.05) is 12.8 Å². The molecule has 2 aliphatic rings. The van der Waals surface area contributed by atoms with Gasteiger partial charge in [0.2, 0.25) is 11.8 Å². The van der Waals surface area contributed by atoms with Crippen LogP contribution in [-0.4, -0.2) is 59.0 Å². The average Bonchev–Trinajstić information content (AvgIpc) is 2.66. The van der Waals surface area contributed by atoms with Crippen LogP contribution in [0.2, 0.25) is 0 Å². The van der Waals surface area contributed by atoms with E-state index in [0.29, 0.717) is 19.5 Å². The van der Waals surface area contributed by atoms with Gasteiger partial charge in [0.15, 0.2) is 0 Å². The second kappa shape index (κ2) is 6.18. The fraction of sp³-hybridized carbons (Fsp3) is 0.846. The van der Waals surface area contributed by atoms with Gasteiger partial charge in [-0.25, -0.2) is 0 Å². The number of aliphatic hydroxyl groups excluding tert-OH is 1. The molecule has 2 amide bonds. The van der Waals surface area contributed by atoms with E-state index in [1.807, 2.05) is 0 Å². The van der Waals surface area contributed by atoms with Gasteiger partial charge in [0.25, 0.3) is 0 Å². The fourth-order valence-corrected chi connectivity index (χ4v) is 2.82. The van der Waals surface area contributed by atoms with Gasteiger partial charge in [0.05, 0.1) is 19.2 Å². The van der Waals surface area contributed by atoms with Gasteiger partial charge in [-0.3, -0.25) is 9.59 Å². The molecule has 0 aromatic rings. The van der Waals surface area contributed by atoms with Crippen LogP contribution < -0.4 is 0 Å². The molecule has 102 valence electrons. The Morgan fingerprint density at radius 2 is 2.06 bits per heavy atom. The molecule has 5 nitrogen and oxygen atoms in total. The Hall–Kier alpha value is -1.10. The first-order valence-electron chi connectivity index (χ1n) is 6.90. The van der Waals surface area contributed by atoms with E-state index in [-0.39, 0.29) is 31.0 Å². The van der Waals surface area contributed by atoms with Gasteiger partial charge in [0.1, 0.15) is 0 Å². The van der Waals surface area contributed by atoms with Crippen LogP contribution in [0.1, 0.15) is 38.5 Å². The molecule has 1 atom stereocenters. The number of amides is 2. The van der Waals surface area contributed by atoms with Crippen LogP contribution in [0.5, 0.6) is 0 Å². The molecule has 0 aromatic carbocycles. The van der Waals surface area contributed by atoms with E-state index in [4.69, 9.17) is 0 Å². The molecule has 0 aliphatic carbocycles. The van der Waals surface area contributed by atoms with Crippen molar-refractivity contribution >= 4 is 11.8 Å². The lowest BCUT2D eigenvalue weighted by atomic mass is 10.1. The number of likely N-dealkylation sites (tertiary alicyclic amines) is 2. The van der Waals surface area contributed by atoms with Crippen molar-refractivity contribution in [3.8, 4) is 0 Å². The number of hydrogen-bond acceptors (Lipinski definition) is 3. The highest BCUT2D eigenvalue weighted by molar-refractivity contribution is 5.86. The van der Waals surface area contributed by atoms with Gasteiger partial charge in [-0.05, 0) is 19.3 Å². The smallest absolute Gasteiger partial charge is 0.242 e. The van der Waals surface area contributed by atoms with E-state index in [2.05, 4.69) is 0 Å². The van der Waals surface area contributed by atoms with E-state index in [1.54, 1.807) is 9.80 Å². The molecule has 2 heterocycles. The van der Waals surface area contributed by atoms with Crippen molar-refractivity contribution in [1.82, 2.24) is 9.80 Å². The van der Waals surface area contributed by atoms with Crippen LogP contribution in [0.15, 0.2) is 0 Å². The first-order valence-corrected chi connectivity index (χ1v) is 6.90. The van der Waals surface area contributed by atoms with Gasteiger partial charge in [0, 0.05) is 19.5 Å². The molecule has 2 fully saturated rings. The zero-order valence-corrected chi connectivity index (χ0v) is 10.8. The Bertz CT molecular complexity index is 319. The van der Waals surface area contributed by atoms with Crippen LogP contribution in [0.4, 0.5) is 0 Å². The molecule has 0 aromatic heterocycles. The highest BCUT2D eigenvalue weighted by Gasteiger charge is 2.28. The van der Waals surface area contributed by atoms with Crippen LogP contribution >= 0.6 is 0 Å². The third-order valence-corrected chi connectivity index (χ3v) is 3.91. The van der Waals surface area contributed by atoms with Crippen molar-refractivity contribution in [3.63, 3.8) is 0 Å². The van der Waals surface area contributed by atoms with Crippen molar-refractivity contribution in [2.45, 2.75) is 44.6 Å². The van der Waals surface area contributed by atoms with Gasteiger partial charge < -0.3 is 14.9 Å². The maximum absolute atomic E-state index is 12.2. The van der Waals surface area contributed by atoms with Crippen molar-refractivity contribution in [2.24, 2.45) is 0 Å². The molecule has 1 N–H and O–H groups in total. The summed E-state index contributed by atoms with van der Waals surface area (Å²) in [5.74, 6) is 0.0740. The van der Waals surface area contributed by atoms with E-state index < -0.39 is 0 Å². The molecule has 1 unspecified atom stereocenters. The number of rotatable bonds is 3. The predicted molar refractivity (Wildman–Crippen MR) is 66.9 cm³/mol. The van der Waals surface area contributed by atoms with E-state index in [0.717, 1.165) is 32.1 Å². The number of hydrogen-bond donors (Lipinski definition) is 1. The monoisotopic (exact) mass is 254 g/mol. The summed E-state index contributed by atoms with van der Waals surface area (Å²) in [7, 11) is 0. The lowest BCUT2D eigenvalue weighted by Crippen LogP contribution is -2.47. The molecule has 2 saturated heterocycles. The molecule has 5 heteroatoms. The Labute approximate surface area is 108 Å². The summed E-state index contributed by atoms with van der Waals surface area (Å²) in [6.45, 7) is 1.63. The largest absolute Gasteiger partial charge is 0.394 e. The minimum absolute atomic E-state index is 0.00815. The Kier molecular flexibility index (Phi) is 4.58. The molecule has 0 spiro atoms. The fourth-order valence-electron chi connectivity index (χ4n) is 2.82. The summed E-state index contributed by atoms with van der Waals surface area (Å²) in [6.07, 6.45) is 5.47. The minimum Gasteiger partial charge on any atom is -0.394 e. The highest BCUT2D eigenvalue weighted by Crippen LogP contribution is 2.18. The number of carbonyl (C=O) groups is 2. The number of aliphatic hydroxyl groups is 1. The maximum atomic E-state index is 12.2. The molecule has 2 rings (SSSR count). The van der Waals surface area contributed by atoms with Crippen molar-refractivity contribution in [1.29, 1.82) is 0 Å². The Morgan fingerprint density at radius 1 is 1.22 bits per heavy atom. The second-order valence-corrected chi connectivity index (χ2v) is 5.19. The summed E-state index contributed by atoms with van der Waals surface area (Å²) in [5.41, 5.74) is 0. The molecule has 0 radical (unpaired) electrons. The maximum Gasteiger partial charge on any atom is 0.242 e. The van der Waals surface area contributed by atoms with Gasteiger partial charge in [-0.15, -0.1) is 0 Å². The number of nitrogens with zero attached hydrogens (tertiary/aromatic N) is 2. The molecular formula is C13H22N2O3. The van der Waals surface area contributed by atoms with Crippen molar-refractivity contribution < 1.29 is 14.7 Å². The second-order valence-electron chi connectivity index (χ2n) is 5.19. The lowest BCUT2D eigenvalue weighted by Gasteiger charge is -2.30. The molecule has 0 bridgehead atoms. The summed E-state index contributed by atoms with van der Waals surface area (Å²) < 4.78 is 0. The Balaban J connectivity index is 1.94. The average molecular weight is 254 g/mol. The van der Waals surface area contributed by atoms with Gasteiger partial charge in [-0.2, -0.15) is 0 Å². The van der Waals surface area contributed by atoms with Crippen LogP contribution in [0.3, 0.4) is 0 Å². The van der Waals surface area contributed by atoms with Crippen molar-refractivity contribution in [3.05, 3.63) is 0 Å². The summed E-state index contributed by atoms with van der Waals surface area (Å²) in [6, 6.07) is -0.0577. The SMILES string of the molecule is O=C1CCCN1CC(=O)N1CCCCCC1CO. The zero-order valence-electron chi connectivity index (χ0n) is 10.8. The van der Waals surface area contributed by atoms with Crippen LogP contribution in [-0.2, 0) is 9.59 Å². The first kappa shape index (κ1) is 13.3. The van der Waals surface area contributed by atoms with E-state index >= 15 is 0 Å². The standard InChI is InChI=1S/C13H22N2O3/c16-10-11-5-2-1-3-8-15(11)13(18)9-14-7-4-6-12(14)17/h11,16H,1-10H2. The molecular weight excluding hydrogens is 232 g/mol. The third kappa shape index (κ3) is 3.02. The minimum atomic E-state index is -0.0577. The molecule has 2 aliphatic heterocycles. The number of carbonyl (C=O) groups excluding carboxylic acids is 2. The topological polar surface area (TPSA) is 60.9 Å². The summed E-state index contributed by atoms with van der Waals surface area (Å²) >= 11 is 0. The normalized spacial score (nSPS) is 25.4. The van der Waals surface area contributed by atoms with Gasteiger partial charge >= 0.3 is 0 Å². The van der Waals surface area contributed by atoms with Crippen molar-refractivity contribution in [2.75, 3.05) is 26.2 Å².